The van der Waals surface area contributed by atoms with Gasteiger partial charge in [-0.1, -0.05) is 34.4 Å². The fourth-order valence-corrected chi connectivity index (χ4v) is 3.02. The molecule has 3 unspecified atom stereocenters. The third-order valence-corrected chi connectivity index (χ3v) is 4.88. The lowest BCUT2D eigenvalue weighted by atomic mass is 9.88. The smallest absolute Gasteiger partial charge is 0.311 e. The van der Waals surface area contributed by atoms with Crippen LogP contribution in [0.1, 0.15) is 66.2 Å². The van der Waals surface area contributed by atoms with Crippen LogP contribution in [0.25, 0.3) is 0 Å². The lowest BCUT2D eigenvalue weighted by molar-refractivity contribution is -0.151. The third-order valence-electron chi connectivity index (χ3n) is 4.88. The summed E-state index contributed by atoms with van der Waals surface area (Å²) in [7, 11) is 0. The summed E-state index contributed by atoms with van der Waals surface area (Å²) in [5.74, 6) is -2.28. The Bertz CT molecular complexity index is 524. The van der Waals surface area contributed by atoms with Crippen molar-refractivity contribution in [2.24, 2.45) is 5.92 Å². The van der Waals surface area contributed by atoms with E-state index in [4.69, 9.17) is 0 Å². The van der Waals surface area contributed by atoms with Crippen LogP contribution in [0.4, 0.5) is 0 Å². The van der Waals surface area contributed by atoms with Gasteiger partial charge in [-0.15, -0.1) is 0 Å². The van der Waals surface area contributed by atoms with Crippen molar-refractivity contribution in [2.45, 2.75) is 78.4 Å². The van der Waals surface area contributed by atoms with Crippen LogP contribution in [0, 0.1) is 5.92 Å². The summed E-state index contributed by atoms with van der Waals surface area (Å²) in [4.78, 5) is 11.4. The quantitative estimate of drug-likeness (QED) is 0.633. The van der Waals surface area contributed by atoms with Gasteiger partial charge in [0.05, 0.1) is 12.2 Å². The van der Waals surface area contributed by atoms with E-state index in [1.807, 2.05) is 19.9 Å². The van der Waals surface area contributed by atoms with Crippen LogP contribution in [0.5, 0.6) is 0 Å². The Labute approximate surface area is 145 Å². The van der Waals surface area contributed by atoms with Crippen molar-refractivity contribution in [3.63, 3.8) is 0 Å². The van der Waals surface area contributed by atoms with E-state index in [9.17, 15) is 20.1 Å². The Morgan fingerprint density at radius 2 is 1.62 bits per heavy atom. The van der Waals surface area contributed by atoms with Crippen LogP contribution in [-0.4, -0.2) is 33.5 Å². The zero-order valence-corrected chi connectivity index (χ0v) is 15.4. The second-order valence-electron chi connectivity index (χ2n) is 7.18. The molecule has 1 aliphatic carbocycles. The maximum Gasteiger partial charge on any atom is 0.311 e. The summed E-state index contributed by atoms with van der Waals surface area (Å²) in [6.45, 7) is 8.28. The van der Waals surface area contributed by atoms with Gasteiger partial charge in [-0.2, -0.15) is 0 Å². The highest BCUT2D eigenvalue weighted by atomic mass is 16.4. The Balaban J connectivity index is 3.03. The number of rotatable bonds is 1. The summed E-state index contributed by atoms with van der Waals surface area (Å²) in [6.07, 6.45) is 6.01. The maximum absolute atomic E-state index is 11.4. The number of hydrogen-bond acceptors (Lipinski definition) is 3. The molecule has 4 heteroatoms. The van der Waals surface area contributed by atoms with Gasteiger partial charge >= 0.3 is 5.97 Å². The molecule has 0 saturated heterocycles. The Morgan fingerprint density at radius 3 is 2.21 bits per heavy atom. The second-order valence-corrected chi connectivity index (χ2v) is 7.18. The van der Waals surface area contributed by atoms with Gasteiger partial charge in [-0.3, -0.25) is 4.79 Å². The van der Waals surface area contributed by atoms with Gasteiger partial charge in [0, 0.05) is 0 Å². The average Bonchev–Trinajstić information content (AvgIpc) is 2.49. The minimum absolute atomic E-state index is 0.263. The van der Waals surface area contributed by atoms with Crippen molar-refractivity contribution in [3.05, 3.63) is 34.4 Å². The number of carboxylic acid groups (broad SMARTS) is 1. The van der Waals surface area contributed by atoms with Crippen molar-refractivity contribution < 1.29 is 20.1 Å². The molecule has 3 N–H and O–H groups in total. The topological polar surface area (TPSA) is 77.8 Å². The maximum atomic E-state index is 11.4. The van der Waals surface area contributed by atoms with Gasteiger partial charge in [-0.25, -0.2) is 0 Å². The first-order chi connectivity index (χ1) is 11.2. The molecule has 136 valence electrons. The summed E-state index contributed by atoms with van der Waals surface area (Å²) < 4.78 is 0. The lowest BCUT2D eigenvalue weighted by Crippen LogP contribution is -2.38. The molecule has 4 nitrogen and oxygen atoms in total. The molecule has 0 aromatic heterocycles. The fraction of sp³-hybridized carbons (Fsp3) is 0.650. The first-order valence-electron chi connectivity index (χ1n) is 8.77. The summed E-state index contributed by atoms with van der Waals surface area (Å²) in [5, 5.41) is 29.8. The number of carboxylic acids is 1. The SMILES string of the molecule is CC1=CCC(O)C(C(=O)O)C(O)CCC(C)=CCC(=C(C)C)CC1. The molecular weight excluding hydrogens is 304 g/mol. The van der Waals surface area contributed by atoms with Crippen LogP contribution >= 0.6 is 0 Å². The molecular formula is C20H32O4. The van der Waals surface area contributed by atoms with E-state index in [2.05, 4.69) is 19.9 Å². The van der Waals surface area contributed by atoms with Crippen molar-refractivity contribution in [1.29, 1.82) is 0 Å². The van der Waals surface area contributed by atoms with E-state index in [-0.39, 0.29) is 6.42 Å². The van der Waals surface area contributed by atoms with Crippen LogP contribution in [0.3, 0.4) is 0 Å². The first kappa shape index (κ1) is 20.7. The van der Waals surface area contributed by atoms with Gasteiger partial charge in [0.15, 0.2) is 0 Å². The number of aliphatic carboxylic acids is 1. The molecule has 3 atom stereocenters. The summed E-state index contributed by atoms with van der Waals surface area (Å²) in [6, 6.07) is 0. The zero-order valence-electron chi connectivity index (χ0n) is 15.4. The number of hydrogen-bond donors (Lipinski definition) is 3. The monoisotopic (exact) mass is 336 g/mol. The Hall–Kier alpha value is -1.39. The minimum Gasteiger partial charge on any atom is -0.481 e. The lowest BCUT2D eigenvalue weighted by Gasteiger charge is -2.24. The number of carbonyl (C=O) groups is 1. The summed E-state index contributed by atoms with van der Waals surface area (Å²) in [5.41, 5.74) is 5.05. The molecule has 0 heterocycles. The van der Waals surface area contributed by atoms with E-state index in [1.54, 1.807) is 0 Å². The normalized spacial score (nSPS) is 27.8. The standard InChI is InChI=1S/C20H32O4/c1-13(2)16-9-5-14(3)7-11-17(21)19(20(23)24)18(22)12-8-15(4)6-10-16/h5,8,17-19,21-22H,6-7,9-12H2,1-4H3,(H,23,24). The van der Waals surface area contributed by atoms with Crippen LogP contribution in [-0.2, 0) is 4.79 Å². The third kappa shape index (κ3) is 6.62. The molecule has 24 heavy (non-hydrogen) atoms. The number of aliphatic hydroxyl groups excluding tert-OH is 2. The molecule has 0 aliphatic heterocycles. The molecule has 1 aliphatic rings. The van der Waals surface area contributed by atoms with Crippen molar-refractivity contribution >= 4 is 5.97 Å². The highest BCUT2D eigenvalue weighted by molar-refractivity contribution is 5.71. The van der Waals surface area contributed by atoms with Gasteiger partial charge in [-0.05, 0) is 66.2 Å². The molecule has 0 radical (unpaired) electrons. The van der Waals surface area contributed by atoms with Gasteiger partial charge in [0.25, 0.3) is 0 Å². The largest absolute Gasteiger partial charge is 0.481 e. The molecule has 0 saturated carbocycles. The predicted molar refractivity (Wildman–Crippen MR) is 96.7 cm³/mol. The minimum atomic E-state index is -1.14. The van der Waals surface area contributed by atoms with Crippen molar-refractivity contribution in [1.82, 2.24) is 0 Å². The first-order valence-corrected chi connectivity index (χ1v) is 8.77. The predicted octanol–water partition coefficient (Wildman–Crippen LogP) is 3.99. The highest BCUT2D eigenvalue weighted by Crippen LogP contribution is 2.24. The van der Waals surface area contributed by atoms with E-state index in [0.717, 1.165) is 30.4 Å². The summed E-state index contributed by atoms with van der Waals surface area (Å²) >= 11 is 0. The molecule has 0 fully saturated rings. The molecule has 0 aromatic carbocycles. The van der Waals surface area contributed by atoms with Crippen LogP contribution < -0.4 is 0 Å². The molecule has 0 spiro atoms. The molecule has 0 amide bonds. The van der Waals surface area contributed by atoms with Crippen molar-refractivity contribution in [3.8, 4) is 0 Å². The van der Waals surface area contributed by atoms with E-state index in [1.165, 1.54) is 11.1 Å². The zero-order chi connectivity index (χ0) is 18.3. The van der Waals surface area contributed by atoms with E-state index < -0.39 is 24.1 Å². The number of aliphatic hydroxyl groups is 2. The van der Waals surface area contributed by atoms with Gasteiger partial charge in [0.1, 0.15) is 5.92 Å². The van der Waals surface area contributed by atoms with E-state index in [0.29, 0.717) is 12.8 Å². The average molecular weight is 336 g/mol. The van der Waals surface area contributed by atoms with E-state index >= 15 is 0 Å². The van der Waals surface area contributed by atoms with Crippen molar-refractivity contribution in [2.75, 3.05) is 0 Å². The Kier molecular flexibility index (Phi) is 8.43. The van der Waals surface area contributed by atoms with Gasteiger partial charge in [0.2, 0.25) is 0 Å². The molecule has 0 bridgehead atoms. The van der Waals surface area contributed by atoms with Crippen LogP contribution in [0.15, 0.2) is 34.4 Å². The highest BCUT2D eigenvalue weighted by Gasteiger charge is 2.32. The Morgan fingerprint density at radius 1 is 1.00 bits per heavy atom. The second kappa shape index (κ2) is 9.80. The van der Waals surface area contributed by atoms with Crippen LogP contribution in [0.2, 0.25) is 0 Å². The fourth-order valence-electron chi connectivity index (χ4n) is 3.02. The van der Waals surface area contributed by atoms with Gasteiger partial charge < -0.3 is 15.3 Å². The molecule has 1 rings (SSSR count). The molecule has 0 aromatic rings. The number of allylic oxidation sites excluding steroid dienone is 5.